The molecule has 1 aliphatic carbocycles. The Labute approximate surface area is 210 Å². The molecule has 14 heteroatoms. The molecule has 0 aromatic carbocycles. The van der Waals surface area contributed by atoms with Crippen LogP contribution in [0.1, 0.15) is 35.1 Å². The van der Waals surface area contributed by atoms with Crippen LogP contribution >= 0.6 is 34.7 Å². The highest BCUT2D eigenvalue weighted by molar-refractivity contribution is 7.99. The van der Waals surface area contributed by atoms with Gasteiger partial charge in [-0.3, -0.25) is 4.98 Å². The molecule has 182 valence electrons. The van der Waals surface area contributed by atoms with E-state index in [-0.39, 0.29) is 16.4 Å². The molecule has 6 rings (SSSR count). The number of hydrogen-bond donors (Lipinski definition) is 2. The third-order valence-electron chi connectivity index (χ3n) is 6.65. The molecule has 1 aliphatic heterocycles. The van der Waals surface area contributed by atoms with Crippen molar-refractivity contribution in [1.82, 2.24) is 29.9 Å². The molecular formula is C21H18ClF3N8S2. The highest BCUT2D eigenvalue weighted by atomic mass is 35.5. The van der Waals surface area contributed by atoms with E-state index in [1.165, 1.54) is 29.7 Å². The predicted molar refractivity (Wildman–Crippen MR) is 127 cm³/mol. The van der Waals surface area contributed by atoms with Crippen molar-refractivity contribution in [2.75, 3.05) is 18.0 Å². The number of thiazole rings is 1. The van der Waals surface area contributed by atoms with Crippen LogP contribution in [0.2, 0.25) is 4.47 Å². The topological polar surface area (TPSA) is 110 Å². The molecule has 0 bridgehead atoms. The van der Waals surface area contributed by atoms with Gasteiger partial charge < -0.3 is 15.6 Å². The summed E-state index contributed by atoms with van der Waals surface area (Å²) >= 11 is 8.39. The minimum absolute atomic E-state index is 0.0263. The molecule has 0 saturated carbocycles. The maximum atomic E-state index is 13.3. The lowest BCUT2D eigenvalue weighted by molar-refractivity contribution is -0.143. The molecular weight excluding hydrogens is 521 g/mol. The summed E-state index contributed by atoms with van der Waals surface area (Å²) in [5.41, 5.74) is 7.48. The van der Waals surface area contributed by atoms with Crippen LogP contribution < -0.4 is 10.6 Å². The second-order valence-electron chi connectivity index (χ2n) is 8.67. The van der Waals surface area contributed by atoms with Crippen molar-refractivity contribution in [2.45, 2.75) is 41.4 Å². The number of nitrogens with zero attached hydrogens (tertiary/aromatic N) is 6. The number of fused-ring (bicyclic) bond motifs is 2. The fourth-order valence-corrected chi connectivity index (χ4v) is 7.02. The first kappa shape index (κ1) is 23.0. The maximum absolute atomic E-state index is 13.3. The van der Waals surface area contributed by atoms with E-state index in [0.29, 0.717) is 26.7 Å². The third kappa shape index (κ3) is 4.03. The Morgan fingerprint density at radius 1 is 1.20 bits per heavy atom. The number of hydrogen-bond acceptors (Lipinski definition) is 9. The summed E-state index contributed by atoms with van der Waals surface area (Å²) in [4.78, 5) is 27.6. The lowest BCUT2D eigenvalue weighted by Crippen LogP contribution is -2.44. The summed E-state index contributed by atoms with van der Waals surface area (Å²) in [6.07, 6.45) is 0.588. The zero-order chi connectivity index (χ0) is 24.4. The Morgan fingerprint density at radius 3 is 2.74 bits per heavy atom. The Bertz CT molecular complexity index is 1410. The molecule has 4 aromatic rings. The number of aromatic nitrogens is 6. The lowest BCUT2D eigenvalue weighted by atomic mass is 9.74. The van der Waals surface area contributed by atoms with E-state index in [0.717, 1.165) is 60.9 Å². The van der Waals surface area contributed by atoms with Gasteiger partial charge in [-0.05, 0) is 36.8 Å². The Morgan fingerprint density at radius 2 is 2.00 bits per heavy atom. The van der Waals surface area contributed by atoms with E-state index in [4.69, 9.17) is 17.3 Å². The van der Waals surface area contributed by atoms with Gasteiger partial charge in [0.15, 0.2) is 21.5 Å². The summed E-state index contributed by atoms with van der Waals surface area (Å²) in [6.45, 7) is 1.50. The summed E-state index contributed by atoms with van der Waals surface area (Å²) in [5, 5.41) is 0.318. The Hall–Kier alpha value is -2.48. The quantitative estimate of drug-likeness (QED) is 0.380. The lowest BCUT2D eigenvalue weighted by Gasteiger charge is -2.41. The van der Waals surface area contributed by atoms with Crippen LogP contribution in [-0.4, -0.2) is 43.0 Å². The Kier molecular flexibility index (Phi) is 5.43. The molecule has 1 saturated heterocycles. The number of H-pyrrole nitrogens is 1. The number of halogens is 4. The average molecular weight is 539 g/mol. The highest BCUT2D eigenvalue weighted by Gasteiger charge is 2.48. The molecule has 3 N–H and O–H groups in total. The van der Waals surface area contributed by atoms with E-state index in [1.807, 2.05) is 0 Å². The van der Waals surface area contributed by atoms with E-state index >= 15 is 0 Å². The van der Waals surface area contributed by atoms with E-state index < -0.39 is 11.9 Å². The summed E-state index contributed by atoms with van der Waals surface area (Å²) in [7, 11) is 0. The number of anilines is 1. The van der Waals surface area contributed by atoms with Crippen molar-refractivity contribution in [2.24, 2.45) is 11.1 Å². The van der Waals surface area contributed by atoms with Crippen LogP contribution in [-0.2, 0) is 12.6 Å². The number of aromatic amines is 1. The number of rotatable bonds is 3. The second-order valence-corrected chi connectivity index (χ2v) is 11.3. The van der Waals surface area contributed by atoms with Crippen molar-refractivity contribution in [3.05, 3.63) is 45.3 Å². The second kappa shape index (κ2) is 8.29. The van der Waals surface area contributed by atoms with Gasteiger partial charge in [-0.1, -0.05) is 23.4 Å². The predicted octanol–water partition coefficient (Wildman–Crippen LogP) is 4.87. The molecule has 8 nitrogen and oxygen atoms in total. The molecule has 1 spiro atoms. The molecule has 2 aliphatic rings. The van der Waals surface area contributed by atoms with Crippen molar-refractivity contribution < 1.29 is 13.2 Å². The van der Waals surface area contributed by atoms with E-state index in [1.54, 1.807) is 0 Å². The van der Waals surface area contributed by atoms with Crippen LogP contribution in [0.3, 0.4) is 0 Å². The molecule has 1 fully saturated rings. The fourth-order valence-electron chi connectivity index (χ4n) is 4.84. The molecule has 1 atom stereocenters. The number of nitrogens with two attached hydrogens (primary N) is 1. The third-order valence-corrected chi connectivity index (χ3v) is 8.89. The van der Waals surface area contributed by atoms with Gasteiger partial charge in [0.05, 0.1) is 11.9 Å². The van der Waals surface area contributed by atoms with Crippen LogP contribution in [0.4, 0.5) is 19.1 Å². The van der Waals surface area contributed by atoms with Gasteiger partial charge in [-0.2, -0.15) is 18.2 Å². The summed E-state index contributed by atoms with van der Waals surface area (Å²) in [6, 6.07) is 2.75. The first-order valence-corrected chi connectivity index (χ1v) is 12.8. The van der Waals surface area contributed by atoms with Gasteiger partial charge in [0.25, 0.3) is 0 Å². The molecule has 0 amide bonds. The maximum Gasteiger partial charge on any atom is 0.434 e. The fraction of sp³-hybridized carbons (Fsp3) is 0.381. The van der Waals surface area contributed by atoms with Crippen LogP contribution in [0.5, 0.6) is 0 Å². The van der Waals surface area contributed by atoms with Gasteiger partial charge >= 0.3 is 6.18 Å². The van der Waals surface area contributed by atoms with E-state index in [2.05, 4.69) is 34.8 Å². The summed E-state index contributed by atoms with van der Waals surface area (Å²) in [5.74, 6) is 0.636. The van der Waals surface area contributed by atoms with E-state index in [9.17, 15) is 13.2 Å². The van der Waals surface area contributed by atoms with Crippen LogP contribution in [0, 0.1) is 5.41 Å². The SMILES string of the molecule is N[C@@H]1c2sc(Cl)nc2CC12CCN(c1nc3ncc(Sc4cccnc4C(F)(F)F)nc3[nH]1)CC2. The average Bonchev–Trinajstić information content (AvgIpc) is 3.47. The number of pyridine rings is 1. The zero-order valence-electron chi connectivity index (χ0n) is 18.0. The first-order valence-electron chi connectivity index (χ1n) is 10.8. The minimum Gasteiger partial charge on any atom is -0.342 e. The largest absolute Gasteiger partial charge is 0.434 e. The number of nitrogens with one attached hydrogen (secondary N) is 1. The normalized spacial score (nSPS) is 19.6. The van der Waals surface area contributed by atoms with Crippen molar-refractivity contribution in [1.29, 1.82) is 0 Å². The number of alkyl halides is 3. The number of piperidine rings is 1. The Balaban J connectivity index is 1.19. The smallest absolute Gasteiger partial charge is 0.342 e. The van der Waals surface area contributed by atoms with Gasteiger partial charge in [0.2, 0.25) is 5.95 Å². The molecule has 0 unspecified atom stereocenters. The van der Waals surface area contributed by atoms with Crippen LogP contribution in [0.25, 0.3) is 11.3 Å². The molecule has 5 heterocycles. The molecule has 35 heavy (non-hydrogen) atoms. The molecule has 0 radical (unpaired) electrons. The molecule has 4 aromatic heterocycles. The van der Waals surface area contributed by atoms with Crippen molar-refractivity contribution in [3.8, 4) is 0 Å². The minimum atomic E-state index is -4.55. The van der Waals surface area contributed by atoms with Crippen LogP contribution in [0.15, 0.2) is 34.4 Å². The first-order chi connectivity index (χ1) is 16.7. The highest BCUT2D eigenvalue weighted by Crippen LogP contribution is 2.53. The van der Waals surface area contributed by atoms with Gasteiger partial charge in [-0.15, -0.1) is 11.3 Å². The monoisotopic (exact) mass is 538 g/mol. The number of imidazole rings is 1. The summed E-state index contributed by atoms with van der Waals surface area (Å²) < 4.78 is 40.4. The zero-order valence-corrected chi connectivity index (χ0v) is 20.4. The van der Waals surface area contributed by atoms with Crippen molar-refractivity contribution in [3.63, 3.8) is 0 Å². The van der Waals surface area contributed by atoms with Crippen molar-refractivity contribution >= 4 is 51.9 Å². The van der Waals surface area contributed by atoms with Gasteiger partial charge in [-0.25, -0.2) is 15.0 Å². The van der Waals surface area contributed by atoms with Gasteiger partial charge in [0.1, 0.15) is 5.03 Å². The van der Waals surface area contributed by atoms with Gasteiger partial charge in [0, 0.05) is 35.1 Å². The standard InChI is InChI=1S/C21H18ClF3N8S2/c22-18-29-10-8-20(14(26)13(10)35-18)3-6-33(7-4-20)19-31-16-17(32-19)30-12(9-28-16)34-11-2-1-5-27-15(11)21(23,24)25/h1-2,5,9,14H,3-4,6-8,26H2,(H,28,30,31,32)/t14-/m1/s1.